The van der Waals surface area contributed by atoms with Crippen molar-refractivity contribution in [1.29, 1.82) is 0 Å². The molecule has 0 unspecified atom stereocenters. The van der Waals surface area contributed by atoms with Gasteiger partial charge in [0.2, 0.25) is 0 Å². The Bertz CT molecular complexity index is 307. The molecule has 0 atom stereocenters. The smallest absolute Gasteiger partial charge is 0.123 e. The van der Waals surface area contributed by atoms with Crippen molar-refractivity contribution in [2.45, 2.75) is 19.8 Å². The Morgan fingerprint density at radius 3 is 2.13 bits per heavy atom. The van der Waals surface area contributed by atoms with Crippen molar-refractivity contribution < 1.29 is 9.47 Å². The van der Waals surface area contributed by atoms with E-state index >= 15 is 0 Å². The maximum absolute atomic E-state index is 5.19. The molecule has 2 heteroatoms. The molecule has 0 amide bonds. The molecular weight excluding hydrogens is 188 g/mol. The number of benzene rings is 1. The van der Waals surface area contributed by atoms with Gasteiger partial charge in [-0.1, -0.05) is 25.5 Å². The Kier molecular flexibility index (Phi) is 4.75. The Balaban J connectivity index is 2.86. The van der Waals surface area contributed by atoms with Crippen molar-refractivity contribution in [1.82, 2.24) is 0 Å². The highest BCUT2D eigenvalue weighted by Crippen LogP contribution is 2.23. The van der Waals surface area contributed by atoms with Crippen molar-refractivity contribution in [2.24, 2.45) is 0 Å². The molecule has 0 fully saturated rings. The van der Waals surface area contributed by atoms with E-state index in [0.29, 0.717) is 0 Å². The second-order valence-electron chi connectivity index (χ2n) is 3.34. The van der Waals surface area contributed by atoms with Crippen molar-refractivity contribution in [3.8, 4) is 11.5 Å². The number of unbranched alkanes of at least 4 members (excludes halogenated alkanes) is 1. The first-order valence-electron chi connectivity index (χ1n) is 5.19. The standard InChI is InChI=1S/C13H18O2/c1-4-5-6-7-11-8-12(14-2)10-13(9-11)15-3/h6-10H,4-5H2,1-3H3/b7-6+. The number of allylic oxidation sites excluding steroid dienone is 1. The van der Waals surface area contributed by atoms with Crippen LogP contribution in [0.15, 0.2) is 24.3 Å². The predicted molar refractivity (Wildman–Crippen MR) is 63.5 cm³/mol. The van der Waals surface area contributed by atoms with Gasteiger partial charge in [-0.15, -0.1) is 0 Å². The molecule has 0 heterocycles. The lowest BCUT2D eigenvalue weighted by Gasteiger charge is -2.05. The average Bonchev–Trinajstić information content (AvgIpc) is 2.29. The number of methoxy groups -OCH3 is 2. The minimum atomic E-state index is 0.825. The lowest BCUT2D eigenvalue weighted by atomic mass is 10.1. The van der Waals surface area contributed by atoms with Gasteiger partial charge in [0, 0.05) is 6.07 Å². The molecule has 1 rings (SSSR count). The molecule has 0 saturated heterocycles. The Hall–Kier alpha value is -1.44. The van der Waals surface area contributed by atoms with E-state index in [4.69, 9.17) is 9.47 Å². The molecule has 1 aromatic carbocycles. The minimum Gasteiger partial charge on any atom is -0.497 e. The largest absolute Gasteiger partial charge is 0.497 e. The monoisotopic (exact) mass is 206 g/mol. The summed E-state index contributed by atoms with van der Waals surface area (Å²) >= 11 is 0. The van der Waals surface area contributed by atoms with Crippen molar-refractivity contribution in [3.05, 3.63) is 29.8 Å². The summed E-state index contributed by atoms with van der Waals surface area (Å²) in [6.07, 6.45) is 6.51. The summed E-state index contributed by atoms with van der Waals surface area (Å²) in [7, 11) is 3.32. The average molecular weight is 206 g/mol. The third kappa shape index (κ3) is 3.66. The third-order valence-corrected chi connectivity index (χ3v) is 2.14. The molecule has 0 aromatic heterocycles. The van der Waals surface area contributed by atoms with Gasteiger partial charge in [0.05, 0.1) is 14.2 Å². The van der Waals surface area contributed by atoms with Crippen LogP contribution >= 0.6 is 0 Å². The second kappa shape index (κ2) is 6.12. The fourth-order valence-corrected chi connectivity index (χ4v) is 1.31. The zero-order chi connectivity index (χ0) is 11.1. The minimum absolute atomic E-state index is 0.825. The highest BCUT2D eigenvalue weighted by molar-refractivity contribution is 5.55. The summed E-state index contributed by atoms with van der Waals surface area (Å²) < 4.78 is 10.4. The summed E-state index contributed by atoms with van der Waals surface area (Å²) in [5.41, 5.74) is 1.11. The number of rotatable bonds is 5. The predicted octanol–water partition coefficient (Wildman–Crippen LogP) is 3.52. The van der Waals surface area contributed by atoms with Crippen LogP contribution in [0.4, 0.5) is 0 Å². The first-order valence-corrected chi connectivity index (χ1v) is 5.19. The van der Waals surface area contributed by atoms with Crippen molar-refractivity contribution in [2.75, 3.05) is 14.2 Å². The van der Waals surface area contributed by atoms with Gasteiger partial charge >= 0.3 is 0 Å². The van der Waals surface area contributed by atoms with Crippen molar-refractivity contribution >= 4 is 6.08 Å². The number of hydrogen-bond donors (Lipinski definition) is 0. The Morgan fingerprint density at radius 1 is 1.07 bits per heavy atom. The number of ether oxygens (including phenoxy) is 2. The zero-order valence-electron chi connectivity index (χ0n) is 9.62. The molecule has 0 N–H and O–H groups in total. The maximum Gasteiger partial charge on any atom is 0.123 e. The molecule has 0 saturated carbocycles. The summed E-state index contributed by atoms with van der Waals surface area (Å²) in [4.78, 5) is 0. The van der Waals surface area contributed by atoms with E-state index in [2.05, 4.69) is 19.1 Å². The van der Waals surface area contributed by atoms with Gasteiger partial charge in [-0.25, -0.2) is 0 Å². The topological polar surface area (TPSA) is 18.5 Å². The van der Waals surface area contributed by atoms with Crippen LogP contribution in [0.3, 0.4) is 0 Å². The fourth-order valence-electron chi connectivity index (χ4n) is 1.31. The van der Waals surface area contributed by atoms with E-state index in [0.717, 1.165) is 29.9 Å². The molecule has 0 spiro atoms. The van der Waals surface area contributed by atoms with Crippen LogP contribution in [-0.2, 0) is 0 Å². The molecular formula is C13H18O2. The Morgan fingerprint density at radius 2 is 1.67 bits per heavy atom. The van der Waals surface area contributed by atoms with E-state index in [-0.39, 0.29) is 0 Å². The van der Waals surface area contributed by atoms with Gasteiger partial charge < -0.3 is 9.47 Å². The first-order chi connectivity index (χ1) is 7.30. The van der Waals surface area contributed by atoms with Gasteiger partial charge in [0.15, 0.2) is 0 Å². The van der Waals surface area contributed by atoms with Crippen LogP contribution in [0.25, 0.3) is 6.08 Å². The van der Waals surface area contributed by atoms with Crippen LogP contribution < -0.4 is 9.47 Å². The number of hydrogen-bond acceptors (Lipinski definition) is 2. The van der Waals surface area contributed by atoms with Crippen LogP contribution in [0.2, 0.25) is 0 Å². The molecule has 15 heavy (non-hydrogen) atoms. The lowest BCUT2D eigenvalue weighted by molar-refractivity contribution is 0.394. The van der Waals surface area contributed by atoms with Crippen LogP contribution in [-0.4, -0.2) is 14.2 Å². The summed E-state index contributed by atoms with van der Waals surface area (Å²) in [5.74, 6) is 1.65. The summed E-state index contributed by atoms with van der Waals surface area (Å²) in [5, 5.41) is 0. The van der Waals surface area contributed by atoms with E-state index in [9.17, 15) is 0 Å². The first kappa shape index (κ1) is 11.6. The van der Waals surface area contributed by atoms with Crippen molar-refractivity contribution in [3.63, 3.8) is 0 Å². The SMILES string of the molecule is CCC/C=C/c1cc(OC)cc(OC)c1. The van der Waals surface area contributed by atoms with E-state index in [1.807, 2.05) is 18.2 Å². The van der Waals surface area contributed by atoms with Gasteiger partial charge in [-0.3, -0.25) is 0 Å². The Labute approximate surface area is 91.5 Å². The lowest BCUT2D eigenvalue weighted by Crippen LogP contribution is -1.88. The van der Waals surface area contributed by atoms with Gasteiger partial charge in [0.25, 0.3) is 0 Å². The second-order valence-corrected chi connectivity index (χ2v) is 3.34. The molecule has 2 nitrogen and oxygen atoms in total. The fraction of sp³-hybridized carbons (Fsp3) is 0.385. The van der Waals surface area contributed by atoms with Crippen LogP contribution in [0.1, 0.15) is 25.3 Å². The molecule has 1 aromatic rings. The van der Waals surface area contributed by atoms with Crippen LogP contribution in [0.5, 0.6) is 11.5 Å². The highest BCUT2D eigenvalue weighted by atomic mass is 16.5. The molecule has 0 radical (unpaired) electrons. The molecule has 0 aliphatic heterocycles. The van der Waals surface area contributed by atoms with E-state index in [1.54, 1.807) is 14.2 Å². The maximum atomic E-state index is 5.19. The zero-order valence-corrected chi connectivity index (χ0v) is 9.62. The van der Waals surface area contributed by atoms with Gasteiger partial charge in [0.1, 0.15) is 11.5 Å². The summed E-state index contributed by atoms with van der Waals surface area (Å²) in [6.45, 7) is 2.16. The molecule has 0 bridgehead atoms. The third-order valence-electron chi connectivity index (χ3n) is 2.14. The van der Waals surface area contributed by atoms with E-state index in [1.165, 1.54) is 0 Å². The quantitative estimate of drug-likeness (QED) is 0.734. The molecule has 0 aliphatic rings. The highest BCUT2D eigenvalue weighted by Gasteiger charge is 1.98. The molecule has 0 aliphatic carbocycles. The van der Waals surface area contributed by atoms with Crippen LogP contribution in [0, 0.1) is 0 Å². The molecule has 82 valence electrons. The van der Waals surface area contributed by atoms with E-state index < -0.39 is 0 Å². The van der Waals surface area contributed by atoms with Gasteiger partial charge in [-0.2, -0.15) is 0 Å². The van der Waals surface area contributed by atoms with Gasteiger partial charge in [-0.05, 0) is 24.1 Å². The normalized spacial score (nSPS) is 10.6. The summed E-state index contributed by atoms with van der Waals surface area (Å²) in [6, 6.07) is 5.86.